The van der Waals surface area contributed by atoms with Crippen molar-refractivity contribution in [3.8, 4) is 11.6 Å². The number of thioether (sulfide) groups is 1. The number of nitrogens with zero attached hydrogens (tertiary/aromatic N) is 2. The lowest BCUT2D eigenvalue weighted by Crippen LogP contribution is -2.35. The third-order valence-corrected chi connectivity index (χ3v) is 4.98. The molecule has 1 N–H and O–H groups in total. The Morgan fingerprint density at radius 3 is 2.72 bits per heavy atom. The van der Waals surface area contributed by atoms with Gasteiger partial charge in [0.1, 0.15) is 0 Å². The number of aromatic nitrogens is 2. The normalized spacial score (nSPS) is 10.6. The number of nitrogens with one attached hydrogen (secondary N) is 1. The van der Waals surface area contributed by atoms with E-state index in [2.05, 4.69) is 10.6 Å². The molecule has 0 saturated heterocycles. The van der Waals surface area contributed by atoms with Crippen molar-refractivity contribution in [2.24, 2.45) is 0 Å². The zero-order valence-electron chi connectivity index (χ0n) is 12.6. The summed E-state index contributed by atoms with van der Waals surface area (Å²) in [4.78, 5) is 12.1. The van der Waals surface area contributed by atoms with Gasteiger partial charge in [0.05, 0.1) is 26.8 Å². The largest absolute Gasteiger partial charge is 0.538 e. The van der Waals surface area contributed by atoms with Gasteiger partial charge in [0.15, 0.2) is 5.95 Å². The lowest BCUT2D eigenvalue weighted by atomic mass is 10.3. The van der Waals surface area contributed by atoms with Gasteiger partial charge in [-0.05, 0) is 28.6 Å². The topological polar surface area (TPSA) is 82.1 Å². The molecule has 25 heavy (non-hydrogen) atoms. The van der Waals surface area contributed by atoms with Crippen LogP contribution in [0, 0.1) is 0 Å². The number of amides is 1. The average molecular weight is 396 g/mol. The molecule has 128 valence electrons. The van der Waals surface area contributed by atoms with Crippen molar-refractivity contribution in [2.45, 2.75) is 5.03 Å². The highest BCUT2D eigenvalue weighted by Crippen LogP contribution is 2.30. The Labute approximate surface area is 157 Å². The summed E-state index contributed by atoms with van der Waals surface area (Å²) in [5.41, 5.74) is 1.07. The van der Waals surface area contributed by atoms with Gasteiger partial charge in [-0.2, -0.15) is 0 Å². The highest BCUT2D eigenvalue weighted by Gasteiger charge is 2.22. The predicted molar refractivity (Wildman–Crippen MR) is 93.3 cm³/mol. The zero-order valence-corrected chi connectivity index (χ0v) is 14.9. The summed E-state index contributed by atoms with van der Waals surface area (Å²) in [7, 11) is 0. The third kappa shape index (κ3) is 4.07. The molecule has 2 aromatic carbocycles. The summed E-state index contributed by atoms with van der Waals surface area (Å²) in [5.74, 6) is -0.969. The summed E-state index contributed by atoms with van der Waals surface area (Å²) in [6, 6.07) is 14.0. The molecule has 1 aromatic heterocycles. The molecule has 1 amide bonds. The monoisotopic (exact) mass is 395 g/mol. The van der Waals surface area contributed by atoms with E-state index in [0.717, 1.165) is 11.8 Å². The molecule has 0 fully saturated rings. The Morgan fingerprint density at radius 1 is 1.20 bits per heavy atom. The van der Waals surface area contributed by atoms with E-state index in [1.807, 2.05) is 18.2 Å². The van der Waals surface area contributed by atoms with Crippen molar-refractivity contribution >= 4 is 46.6 Å². The van der Waals surface area contributed by atoms with E-state index in [4.69, 9.17) is 27.7 Å². The lowest BCUT2D eigenvalue weighted by molar-refractivity contribution is -0.705. The molecule has 9 heteroatoms. The van der Waals surface area contributed by atoms with Crippen LogP contribution in [-0.4, -0.2) is 16.9 Å². The van der Waals surface area contributed by atoms with E-state index >= 15 is 0 Å². The molecule has 0 spiro atoms. The van der Waals surface area contributed by atoms with Crippen LogP contribution in [0.5, 0.6) is 5.95 Å². The smallest absolute Gasteiger partial charge is 0.298 e. The summed E-state index contributed by atoms with van der Waals surface area (Å²) < 4.78 is 6.06. The van der Waals surface area contributed by atoms with E-state index in [1.54, 1.807) is 30.3 Å². The van der Waals surface area contributed by atoms with E-state index in [1.165, 1.54) is 4.68 Å². The van der Waals surface area contributed by atoms with Crippen molar-refractivity contribution in [3.63, 3.8) is 0 Å². The van der Waals surface area contributed by atoms with Gasteiger partial charge in [-0.15, -0.1) is 0 Å². The fourth-order valence-corrected chi connectivity index (χ4v) is 3.12. The van der Waals surface area contributed by atoms with E-state index in [0.29, 0.717) is 16.4 Å². The number of para-hydroxylation sites is 1. The standard InChI is InChI=1S/C16H11Cl2N3O3S/c17-11-7-4-8-12(14(11)18)19-13(22)9-25-15-16(23)24-20-21(15)10-5-2-1-3-6-10/h1-8H,9H2,(H-,19,20,22,23). The van der Waals surface area contributed by atoms with Crippen LogP contribution in [0.2, 0.25) is 10.0 Å². The molecule has 6 nitrogen and oxygen atoms in total. The molecule has 0 aliphatic carbocycles. The second-order valence-corrected chi connectivity index (χ2v) is 6.60. The fraction of sp³-hybridized carbons (Fsp3) is 0.0625. The first-order chi connectivity index (χ1) is 12.1. The molecule has 0 radical (unpaired) electrons. The van der Waals surface area contributed by atoms with E-state index < -0.39 is 5.95 Å². The Kier molecular flexibility index (Phi) is 5.47. The summed E-state index contributed by atoms with van der Waals surface area (Å²) in [6.45, 7) is 0. The van der Waals surface area contributed by atoms with Crippen molar-refractivity contribution in [1.29, 1.82) is 0 Å². The van der Waals surface area contributed by atoms with Crippen LogP contribution in [0.1, 0.15) is 0 Å². The van der Waals surface area contributed by atoms with Gasteiger partial charge in [-0.1, -0.05) is 47.5 Å². The minimum absolute atomic E-state index is 0.0217. The molecular formula is C16H11Cl2N3O3S. The lowest BCUT2D eigenvalue weighted by Gasteiger charge is -2.07. The number of hydrogen-bond acceptors (Lipinski definition) is 5. The third-order valence-electron chi connectivity index (χ3n) is 3.14. The number of rotatable bonds is 5. The molecule has 0 aliphatic heterocycles. The zero-order chi connectivity index (χ0) is 17.8. The Morgan fingerprint density at radius 2 is 1.96 bits per heavy atom. The van der Waals surface area contributed by atoms with Crippen LogP contribution < -0.4 is 15.1 Å². The van der Waals surface area contributed by atoms with Crippen LogP contribution in [0.3, 0.4) is 0 Å². The summed E-state index contributed by atoms with van der Waals surface area (Å²) >= 11 is 13.0. The highest BCUT2D eigenvalue weighted by atomic mass is 35.5. The molecular weight excluding hydrogens is 385 g/mol. The first-order valence-electron chi connectivity index (χ1n) is 7.07. The van der Waals surface area contributed by atoms with Crippen molar-refractivity contribution < 1.29 is 19.1 Å². The molecule has 0 unspecified atom stereocenters. The summed E-state index contributed by atoms with van der Waals surface area (Å²) in [6.07, 6.45) is 0. The average Bonchev–Trinajstić information content (AvgIpc) is 2.98. The number of carbonyl (C=O) groups excluding carboxylic acids is 1. The van der Waals surface area contributed by atoms with Crippen molar-refractivity contribution in [2.75, 3.05) is 11.1 Å². The first-order valence-corrected chi connectivity index (χ1v) is 8.81. The molecule has 1 heterocycles. The minimum atomic E-state index is -0.609. The molecule has 0 aliphatic rings. The second-order valence-electron chi connectivity index (χ2n) is 4.85. The van der Waals surface area contributed by atoms with Gasteiger partial charge in [0.25, 0.3) is 5.03 Å². The fourth-order valence-electron chi connectivity index (χ4n) is 2.01. The maximum atomic E-state index is 12.1. The Bertz CT molecular complexity index is 903. The molecule has 3 aromatic rings. The van der Waals surface area contributed by atoms with Crippen molar-refractivity contribution in [3.05, 3.63) is 58.6 Å². The van der Waals surface area contributed by atoms with Gasteiger partial charge < -0.3 is 14.9 Å². The van der Waals surface area contributed by atoms with Gasteiger partial charge in [-0.3, -0.25) is 4.79 Å². The molecule has 0 bridgehead atoms. The first kappa shape index (κ1) is 17.6. The number of benzene rings is 2. The number of halogens is 2. The summed E-state index contributed by atoms with van der Waals surface area (Å²) in [5, 5.41) is 19.0. The van der Waals surface area contributed by atoms with E-state index in [9.17, 15) is 9.90 Å². The van der Waals surface area contributed by atoms with Gasteiger partial charge in [0.2, 0.25) is 11.6 Å². The predicted octanol–water partition coefficient (Wildman–Crippen LogP) is 3.06. The van der Waals surface area contributed by atoms with Gasteiger partial charge in [-0.25, -0.2) is 0 Å². The second kappa shape index (κ2) is 7.77. The highest BCUT2D eigenvalue weighted by molar-refractivity contribution is 7.99. The molecule has 0 atom stereocenters. The Balaban J connectivity index is 1.71. The number of carbonyl (C=O) groups is 1. The maximum Gasteiger partial charge on any atom is 0.298 e. The quantitative estimate of drug-likeness (QED) is 0.530. The minimum Gasteiger partial charge on any atom is -0.538 e. The maximum absolute atomic E-state index is 12.1. The van der Waals surface area contributed by atoms with Crippen LogP contribution in [0.15, 0.2) is 58.1 Å². The van der Waals surface area contributed by atoms with Gasteiger partial charge >= 0.3 is 0 Å². The van der Waals surface area contributed by atoms with Gasteiger partial charge in [0, 0.05) is 12.1 Å². The van der Waals surface area contributed by atoms with Crippen LogP contribution >= 0.6 is 35.0 Å². The van der Waals surface area contributed by atoms with Crippen LogP contribution in [0.25, 0.3) is 5.69 Å². The SMILES string of the molecule is O=C(CSc1c([O-])on[n+]1-c1ccccc1)Nc1cccc(Cl)c1Cl. The molecule has 0 saturated carbocycles. The van der Waals surface area contributed by atoms with E-state index in [-0.39, 0.29) is 21.7 Å². The number of hydrogen-bond donors (Lipinski definition) is 1. The van der Waals surface area contributed by atoms with Crippen LogP contribution in [0.4, 0.5) is 5.69 Å². The Hall–Kier alpha value is -2.22. The molecule has 3 rings (SSSR count). The van der Waals surface area contributed by atoms with Crippen molar-refractivity contribution in [1.82, 2.24) is 5.27 Å². The van der Waals surface area contributed by atoms with Crippen LogP contribution in [-0.2, 0) is 4.79 Å². The number of anilines is 1.